The summed E-state index contributed by atoms with van der Waals surface area (Å²) in [5.74, 6) is 2.08. The van der Waals surface area contributed by atoms with Gasteiger partial charge in [-0.1, -0.05) is 0 Å². The third-order valence-electron chi connectivity index (χ3n) is 4.14. The van der Waals surface area contributed by atoms with Gasteiger partial charge in [0.2, 0.25) is 5.91 Å². The van der Waals surface area contributed by atoms with Crippen LogP contribution in [0.3, 0.4) is 0 Å². The van der Waals surface area contributed by atoms with Crippen molar-refractivity contribution in [2.45, 2.75) is 20.3 Å². The molecule has 6 heteroatoms. The molecule has 1 atom stereocenters. The number of amides is 1. The van der Waals surface area contributed by atoms with Gasteiger partial charge in [0, 0.05) is 37.9 Å². The summed E-state index contributed by atoms with van der Waals surface area (Å²) < 4.78 is 5.31. The van der Waals surface area contributed by atoms with Crippen LogP contribution in [0.25, 0.3) is 0 Å². The molecule has 1 amide bonds. The maximum Gasteiger partial charge on any atom is 0.227 e. The Labute approximate surface area is 125 Å². The first-order chi connectivity index (χ1) is 10.1. The highest BCUT2D eigenvalue weighted by Crippen LogP contribution is 2.24. The van der Waals surface area contributed by atoms with Gasteiger partial charge in [0.25, 0.3) is 0 Å². The zero-order valence-corrected chi connectivity index (χ0v) is 12.7. The zero-order valence-electron chi connectivity index (χ0n) is 12.7. The Morgan fingerprint density at radius 3 is 2.71 bits per heavy atom. The molecule has 3 heterocycles. The summed E-state index contributed by atoms with van der Waals surface area (Å²) >= 11 is 0. The maximum absolute atomic E-state index is 12.5. The number of carbonyl (C=O) groups excluding carboxylic acids is 1. The van der Waals surface area contributed by atoms with E-state index in [1.807, 2.05) is 24.8 Å². The van der Waals surface area contributed by atoms with Crippen LogP contribution >= 0.6 is 0 Å². The Hall–Kier alpha value is -1.69. The second-order valence-corrected chi connectivity index (χ2v) is 5.78. The molecule has 1 aromatic heterocycles. The molecule has 0 aliphatic carbocycles. The number of morpholine rings is 1. The van der Waals surface area contributed by atoms with Crippen molar-refractivity contribution in [2.75, 3.05) is 44.3 Å². The number of aryl methyl sites for hydroxylation is 2. The van der Waals surface area contributed by atoms with Crippen LogP contribution < -0.4 is 4.90 Å². The first kappa shape index (κ1) is 14.3. The highest BCUT2D eigenvalue weighted by Gasteiger charge is 2.32. The van der Waals surface area contributed by atoms with Crippen LogP contribution in [0.5, 0.6) is 0 Å². The highest BCUT2D eigenvalue weighted by molar-refractivity contribution is 5.80. The molecule has 0 bridgehead atoms. The monoisotopic (exact) mass is 290 g/mol. The average Bonchev–Trinajstić information content (AvgIpc) is 2.96. The van der Waals surface area contributed by atoms with Gasteiger partial charge in [-0.25, -0.2) is 9.97 Å². The van der Waals surface area contributed by atoms with E-state index >= 15 is 0 Å². The number of hydrogen-bond acceptors (Lipinski definition) is 5. The van der Waals surface area contributed by atoms with E-state index < -0.39 is 0 Å². The van der Waals surface area contributed by atoms with Crippen LogP contribution in [0.1, 0.15) is 17.9 Å². The minimum Gasteiger partial charge on any atom is -0.378 e. The minimum atomic E-state index is 0.0821. The van der Waals surface area contributed by atoms with Gasteiger partial charge in [0.05, 0.1) is 19.1 Å². The van der Waals surface area contributed by atoms with Crippen LogP contribution in [0, 0.1) is 19.8 Å². The fourth-order valence-corrected chi connectivity index (χ4v) is 3.07. The van der Waals surface area contributed by atoms with Crippen LogP contribution in [0.4, 0.5) is 5.82 Å². The van der Waals surface area contributed by atoms with Crippen molar-refractivity contribution in [3.05, 3.63) is 17.6 Å². The standard InChI is InChI=1S/C15H22N4O2/c1-11-9-14(17-12(2)16-11)19-4-3-13(10-19)15(20)18-5-7-21-8-6-18/h9,13H,3-8,10H2,1-2H3. The summed E-state index contributed by atoms with van der Waals surface area (Å²) in [5.41, 5.74) is 0.973. The molecule has 1 unspecified atom stereocenters. The first-order valence-corrected chi connectivity index (χ1v) is 7.57. The predicted octanol–water partition coefficient (Wildman–Crippen LogP) is 0.779. The molecular weight excluding hydrogens is 268 g/mol. The van der Waals surface area contributed by atoms with Gasteiger partial charge in [-0.05, 0) is 20.3 Å². The smallest absolute Gasteiger partial charge is 0.227 e. The van der Waals surface area contributed by atoms with Crippen molar-refractivity contribution >= 4 is 11.7 Å². The first-order valence-electron chi connectivity index (χ1n) is 7.57. The number of rotatable bonds is 2. The van der Waals surface area contributed by atoms with E-state index in [4.69, 9.17) is 4.74 Å². The number of anilines is 1. The van der Waals surface area contributed by atoms with E-state index in [0.29, 0.717) is 13.2 Å². The molecule has 0 radical (unpaired) electrons. The molecule has 0 spiro atoms. The molecule has 2 saturated heterocycles. The van der Waals surface area contributed by atoms with Crippen molar-refractivity contribution in [3.8, 4) is 0 Å². The largest absolute Gasteiger partial charge is 0.378 e. The molecule has 0 aromatic carbocycles. The summed E-state index contributed by atoms with van der Waals surface area (Å²) in [7, 11) is 0. The van der Waals surface area contributed by atoms with Crippen LogP contribution in [-0.2, 0) is 9.53 Å². The molecule has 6 nitrogen and oxygen atoms in total. The van der Waals surface area contributed by atoms with E-state index in [1.165, 1.54) is 0 Å². The summed E-state index contributed by atoms with van der Waals surface area (Å²) in [6.07, 6.45) is 0.901. The molecule has 3 rings (SSSR count). The Bertz CT molecular complexity index is 508. The molecule has 2 aliphatic heterocycles. The van der Waals surface area contributed by atoms with Gasteiger partial charge in [-0.15, -0.1) is 0 Å². The van der Waals surface area contributed by atoms with Gasteiger partial charge in [-0.3, -0.25) is 4.79 Å². The molecular formula is C15H22N4O2. The number of ether oxygens (including phenoxy) is 1. The van der Waals surface area contributed by atoms with Crippen LogP contribution in [0.15, 0.2) is 6.07 Å². The second kappa shape index (κ2) is 5.97. The van der Waals surface area contributed by atoms with Gasteiger partial charge in [0.15, 0.2) is 0 Å². The maximum atomic E-state index is 12.5. The van der Waals surface area contributed by atoms with Crippen LogP contribution in [0.2, 0.25) is 0 Å². The van der Waals surface area contributed by atoms with E-state index in [-0.39, 0.29) is 11.8 Å². The number of aromatic nitrogens is 2. The topological polar surface area (TPSA) is 58.6 Å². The fraction of sp³-hybridized carbons (Fsp3) is 0.667. The Morgan fingerprint density at radius 1 is 1.24 bits per heavy atom. The Kier molecular flexibility index (Phi) is 4.05. The minimum absolute atomic E-state index is 0.0821. The number of carbonyl (C=O) groups is 1. The van der Waals surface area contributed by atoms with E-state index in [0.717, 1.165) is 49.9 Å². The van der Waals surface area contributed by atoms with Crippen molar-refractivity contribution in [1.29, 1.82) is 0 Å². The molecule has 21 heavy (non-hydrogen) atoms. The summed E-state index contributed by atoms with van der Waals surface area (Å²) in [5, 5.41) is 0. The lowest BCUT2D eigenvalue weighted by Gasteiger charge is -2.29. The molecule has 114 valence electrons. The highest BCUT2D eigenvalue weighted by atomic mass is 16.5. The lowest BCUT2D eigenvalue weighted by atomic mass is 10.1. The van der Waals surface area contributed by atoms with Crippen LogP contribution in [-0.4, -0.2) is 60.2 Å². The fourth-order valence-electron chi connectivity index (χ4n) is 3.07. The third kappa shape index (κ3) is 3.15. The number of nitrogens with zero attached hydrogens (tertiary/aromatic N) is 4. The predicted molar refractivity (Wildman–Crippen MR) is 79.2 cm³/mol. The molecule has 0 N–H and O–H groups in total. The normalized spacial score (nSPS) is 22.7. The van der Waals surface area contributed by atoms with Crippen molar-refractivity contribution in [2.24, 2.45) is 5.92 Å². The van der Waals surface area contributed by atoms with E-state index in [9.17, 15) is 4.79 Å². The Morgan fingerprint density at radius 2 is 2.00 bits per heavy atom. The number of hydrogen-bond donors (Lipinski definition) is 0. The zero-order chi connectivity index (χ0) is 14.8. The van der Waals surface area contributed by atoms with E-state index in [2.05, 4.69) is 14.9 Å². The van der Waals surface area contributed by atoms with Crippen molar-refractivity contribution < 1.29 is 9.53 Å². The molecule has 1 aromatic rings. The van der Waals surface area contributed by atoms with Gasteiger partial charge < -0.3 is 14.5 Å². The lowest BCUT2D eigenvalue weighted by molar-refractivity contribution is -0.138. The van der Waals surface area contributed by atoms with Gasteiger partial charge >= 0.3 is 0 Å². The summed E-state index contributed by atoms with van der Waals surface area (Å²) in [6.45, 7) is 8.29. The quantitative estimate of drug-likeness (QED) is 0.805. The summed E-state index contributed by atoms with van der Waals surface area (Å²) in [6, 6.07) is 1.99. The summed E-state index contributed by atoms with van der Waals surface area (Å²) in [4.78, 5) is 25.5. The molecule has 2 fully saturated rings. The van der Waals surface area contributed by atoms with Gasteiger partial charge in [-0.2, -0.15) is 0 Å². The Balaban J connectivity index is 1.65. The average molecular weight is 290 g/mol. The second-order valence-electron chi connectivity index (χ2n) is 5.78. The van der Waals surface area contributed by atoms with E-state index in [1.54, 1.807) is 0 Å². The lowest BCUT2D eigenvalue weighted by Crippen LogP contribution is -2.44. The third-order valence-corrected chi connectivity index (χ3v) is 4.14. The SMILES string of the molecule is Cc1cc(N2CCC(C(=O)N3CCOCC3)C2)nc(C)n1. The van der Waals surface area contributed by atoms with Crippen molar-refractivity contribution in [1.82, 2.24) is 14.9 Å². The van der Waals surface area contributed by atoms with Gasteiger partial charge in [0.1, 0.15) is 11.6 Å². The molecule has 0 saturated carbocycles. The van der Waals surface area contributed by atoms with Crippen molar-refractivity contribution in [3.63, 3.8) is 0 Å². The molecule has 2 aliphatic rings.